The molecule has 0 bridgehead atoms. The molecule has 0 radical (unpaired) electrons. The fourth-order valence-electron chi connectivity index (χ4n) is 3.87. The molecule has 1 fully saturated rings. The molecule has 1 aromatic carbocycles. The van der Waals surface area contributed by atoms with E-state index >= 15 is 0 Å². The lowest BCUT2D eigenvalue weighted by molar-refractivity contribution is -0.0543. The molecule has 3 aromatic rings. The number of phosphoric acid groups is 3. The second-order valence-corrected chi connectivity index (χ2v) is 13.2. The van der Waals surface area contributed by atoms with Gasteiger partial charge in [-0.1, -0.05) is 35.5 Å². The van der Waals surface area contributed by atoms with E-state index in [0.29, 0.717) is 12.1 Å². The molecule has 2 aromatic heterocycles. The molecule has 7 N–H and O–H groups in total. The Morgan fingerprint density at radius 1 is 0.952 bits per heavy atom. The van der Waals surface area contributed by atoms with E-state index in [-0.39, 0.29) is 12.1 Å². The van der Waals surface area contributed by atoms with Crippen molar-refractivity contribution in [3.8, 4) is 0 Å². The van der Waals surface area contributed by atoms with Crippen molar-refractivity contribution >= 4 is 23.5 Å². The van der Waals surface area contributed by atoms with Crippen LogP contribution in [0.5, 0.6) is 0 Å². The van der Waals surface area contributed by atoms with Crippen LogP contribution in [0.4, 0.5) is 0 Å². The molecule has 3 unspecified atom stereocenters. The van der Waals surface area contributed by atoms with E-state index in [1.807, 2.05) is 35.3 Å². The van der Waals surface area contributed by atoms with Gasteiger partial charge >= 0.3 is 29.2 Å². The topological polar surface area (TPSA) is 295 Å². The average molecular weight is 655 g/mol. The maximum atomic E-state index is 12.5. The molecule has 4 rings (SSSR count). The zero-order valence-corrected chi connectivity index (χ0v) is 23.6. The third kappa shape index (κ3) is 8.46. The minimum atomic E-state index is -5.79. The van der Waals surface area contributed by atoms with Crippen LogP contribution in [-0.4, -0.2) is 79.3 Å². The molecule has 0 aliphatic carbocycles. The number of rotatable bonds is 12. The van der Waals surface area contributed by atoms with Gasteiger partial charge in [-0.2, -0.15) is 8.62 Å². The number of H-pyrrole nitrogens is 1. The lowest BCUT2D eigenvalue weighted by Gasteiger charge is -2.19. The molecule has 6 atom stereocenters. The molecule has 20 nitrogen and oxygen atoms in total. The van der Waals surface area contributed by atoms with E-state index in [4.69, 9.17) is 14.5 Å². The second-order valence-electron chi connectivity index (χ2n) is 8.82. The molecule has 0 amide bonds. The first-order valence-corrected chi connectivity index (χ1v) is 16.1. The summed E-state index contributed by atoms with van der Waals surface area (Å²) in [7, 11) is -17.0. The largest absolute Gasteiger partial charge is 0.490 e. The van der Waals surface area contributed by atoms with Crippen molar-refractivity contribution in [2.45, 2.75) is 37.5 Å². The first kappa shape index (κ1) is 32.2. The van der Waals surface area contributed by atoms with E-state index in [1.54, 1.807) is 6.20 Å². The van der Waals surface area contributed by atoms with Crippen molar-refractivity contribution in [1.29, 1.82) is 0 Å². The Morgan fingerprint density at radius 3 is 2.31 bits per heavy atom. The summed E-state index contributed by atoms with van der Waals surface area (Å²) >= 11 is 0. The Labute approximate surface area is 234 Å². The van der Waals surface area contributed by atoms with Crippen molar-refractivity contribution in [1.82, 2.24) is 24.5 Å². The predicted molar refractivity (Wildman–Crippen MR) is 135 cm³/mol. The van der Waals surface area contributed by atoms with Crippen molar-refractivity contribution < 1.29 is 61.4 Å². The van der Waals surface area contributed by atoms with Gasteiger partial charge in [-0.05, 0) is 5.56 Å². The standard InChI is InChI=1S/C19H24N5O15P3/c25-15-14(10-36-41(32,33)39-42(34,35)38-40(29,30)31)37-18(16(15)26)24-8-12(17(27)20-19(24)28)7-23-9-13(21-22-23)6-11-4-2-1-3-5-11/h1-5,8-9,14-16,18,25-26H,6-7,10H2,(H,32,33)(H,34,35)(H,20,27,28)(H2,29,30,31)/t14-,15?,16+,18-/m1/s1. The molecule has 0 saturated carbocycles. The van der Waals surface area contributed by atoms with Crippen LogP contribution in [0.3, 0.4) is 0 Å². The zero-order chi connectivity index (χ0) is 30.9. The fourth-order valence-corrected chi connectivity index (χ4v) is 6.90. The molecular weight excluding hydrogens is 631 g/mol. The van der Waals surface area contributed by atoms with Crippen LogP contribution in [0.1, 0.15) is 23.0 Å². The van der Waals surface area contributed by atoms with Gasteiger partial charge in [-0.3, -0.25) is 18.9 Å². The summed E-state index contributed by atoms with van der Waals surface area (Å²) in [4.78, 5) is 63.0. The quantitative estimate of drug-likeness (QED) is 0.112. The SMILES string of the molecule is O=c1[nH]c(=O)n([C@@H]2O[C@H](COP(=O)(O)OP(=O)(O)OP(=O)(O)O)C(O)[C@@H]2O)cc1Cn1cc(Cc2ccccc2)nn1. The number of phosphoric ester groups is 1. The number of ether oxygens (including phenoxy) is 1. The Kier molecular flexibility index (Phi) is 9.61. The third-order valence-corrected chi connectivity index (χ3v) is 9.42. The normalized spacial score (nSPS) is 23.9. The summed E-state index contributed by atoms with van der Waals surface area (Å²) in [5, 5.41) is 28.8. The Morgan fingerprint density at radius 2 is 1.64 bits per heavy atom. The van der Waals surface area contributed by atoms with Gasteiger partial charge in [0.1, 0.15) is 18.3 Å². The van der Waals surface area contributed by atoms with Crippen LogP contribution in [0.25, 0.3) is 0 Å². The summed E-state index contributed by atoms with van der Waals surface area (Å²) in [6.07, 6.45) is -3.90. The zero-order valence-electron chi connectivity index (χ0n) is 21.0. The summed E-state index contributed by atoms with van der Waals surface area (Å²) in [6, 6.07) is 9.40. The second kappa shape index (κ2) is 12.5. The number of hydrogen-bond acceptors (Lipinski definition) is 13. The van der Waals surface area contributed by atoms with Gasteiger partial charge in [0, 0.05) is 18.8 Å². The van der Waals surface area contributed by atoms with Crippen molar-refractivity contribution in [3.05, 3.63) is 80.4 Å². The van der Waals surface area contributed by atoms with E-state index < -0.39 is 65.9 Å². The van der Waals surface area contributed by atoms with Crippen LogP contribution < -0.4 is 11.2 Å². The Bertz CT molecular complexity index is 1670. The highest BCUT2D eigenvalue weighted by Crippen LogP contribution is 2.66. The van der Waals surface area contributed by atoms with E-state index in [0.717, 1.165) is 16.3 Å². The van der Waals surface area contributed by atoms with Gasteiger partial charge < -0.3 is 34.5 Å². The molecular formula is C19H24N5O15P3. The Balaban J connectivity index is 1.45. The maximum absolute atomic E-state index is 12.5. The van der Waals surface area contributed by atoms with Gasteiger partial charge in [0.2, 0.25) is 0 Å². The van der Waals surface area contributed by atoms with Crippen molar-refractivity contribution in [2.75, 3.05) is 6.61 Å². The van der Waals surface area contributed by atoms with Crippen molar-refractivity contribution in [3.63, 3.8) is 0 Å². The first-order chi connectivity index (χ1) is 19.5. The van der Waals surface area contributed by atoms with E-state index in [9.17, 15) is 43.3 Å². The van der Waals surface area contributed by atoms with Crippen LogP contribution in [-0.2, 0) is 44.5 Å². The number of aliphatic hydroxyl groups excluding tert-OH is 2. The van der Waals surface area contributed by atoms with Gasteiger partial charge in [-0.25, -0.2) is 23.2 Å². The summed E-state index contributed by atoms with van der Waals surface area (Å²) in [5.41, 5.74) is -0.273. The Hall–Kier alpha value is -2.67. The molecule has 1 aliphatic rings. The van der Waals surface area contributed by atoms with Crippen molar-refractivity contribution in [2.24, 2.45) is 0 Å². The lowest BCUT2D eigenvalue weighted by atomic mass is 10.1. The highest BCUT2D eigenvalue weighted by molar-refractivity contribution is 7.66. The van der Waals surface area contributed by atoms with Gasteiger partial charge in [-0.15, -0.1) is 5.10 Å². The van der Waals surface area contributed by atoms with Crippen LogP contribution >= 0.6 is 23.5 Å². The molecule has 0 spiro atoms. The molecule has 230 valence electrons. The predicted octanol–water partition coefficient (Wildman–Crippen LogP) is -1.27. The summed E-state index contributed by atoms with van der Waals surface area (Å²) in [6.45, 7) is -1.25. The van der Waals surface area contributed by atoms with Gasteiger partial charge in [0.15, 0.2) is 6.23 Å². The number of benzene rings is 1. The fraction of sp³-hybridized carbons (Fsp3) is 0.368. The van der Waals surface area contributed by atoms with E-state index in [2.05, 4.69) is 23.5 Å². The monoisotopic (exact) mass is 655 g/mol. The molecule has 23 heteroatoms. The number of aromatic amines is 1. The maximum Gasteiger partial charge on any atom is 0.490 e. The van der Waals surface area contributed by atoms with Crippen LogP contribution in [0.15, 0.2) is 52.3 Å². The lowest BCUT2D eigenvalue weighted by Crippen LogP contribution is -2.39. The average Bonchev–Trinajstić information content (AvgIpc) is 3.41. The number of nitrogens with zero attached hydrogens (tertiary/aromatic N) is 4. The number of aromatic nitrogens is 5. The molecule has 42 heavy (non-hydrogen) atoms. The summed E-state index contributed by atoms with van der Waals surface area (Å²) in [5.74, 6) is 0. The van der Waals surface area contributed by atoms with Gasteiger partial charge in [0.05, 0.1) is 24.4 Å². The first-order valence-electron chi connectivity index (χ1n) is 11.6. The molecule has 1 saturated heterocycles. The highest BCUT2D eigenvalue weighted by Gasteiger charge is 2.47. The van der Waals surface area contributed by atoms with E-state index in [1.165, 1.54) is 4.68 Å². The van der Waals surface area contributed by atoms with Gasteiger partial charge in [0.25, 0.3) is 5.56 Å². The number of aliphatic hydroxyl groups is 2. The molecule has 3 heterocycles. The minimum Gasteiger partial charge on any atom is -0.387 e. The third-order valence-electron chi connectivity index (χ3n) is 5.62. The minimum absolute atomic E-state index is 0.0206. The number of hydrogen-bond donors (Lipinski definition) is 7. The smallest absolute Gasteiger partial charge is 0.387 e. The van der Waals surface area contributed by atoms with Crippen LogP contribution in [0, 0.1) is 0 Å². The highest BCUT2D eigenvalue weighted by atomic mass is 31.3. The van der Waals surface area contributed by atoms with Crippen LogP contribution in [0.2, 0.25) is 0 Å². The number of nitrogens with one attached hydrogen (secondary N) is 1. The summed E-state index contributed by atoms with van der Waals surface area (Å²) < 4.78 is 53.2. The molecule has 1 aliphatic heterocycles.